The minimum Gasteiger partial charge on any atom is -0.469 e. The number of carbonyl (C=O) groups is 3. The second kappa shape index (κ2) is 7.46. The topological polar surface area (TPSA) is 139 Å². The molecule has 0 radical (unpaired) electrons. The Hall–Kier alpha value is -3.40. The first kappa shape index (κ1) is 18.4. The molecule has 3 N–H and O–H groups in total. The van der Waals surface area contributed by atoms with Crippen LogP contribution < -0.4 is 5.43 Å². The Balaban J connectivity index is 2.11. The molecular formula is C16H14ClN5O5. The summed E-state index contributed by atoms with van der Waals surface area (Å²) in [4.78, 5) is 45.8. The van der Waals surface area contributed by atoms with Crippen LogP contribution in [0.25, 0.3) is 6.08 Å². The molecule has 0 spiro atoms. The van der Waals surface area contributed by atoms with Crippen LogP contribution in [0.3, 0.4) is 0 Å². The molecule has 0 bridgehead atoms. The largest absolute Gasteiger partial charge is 0.469 e. The van der Waals surface area contributed by atoms with Gasteiger partial charge in [-0.05, 0) is 6.08 Å². The van der Waals surface area contributed by atoms with E-state index in [1.54, 1.807) is 6.20 Å². The molecule has 3 rings (SSSR count). The fourth-order valence-electron chi connectivity index (χ4n) is 2.54. The Kier molecular flexibility index (Phi) is 5.08. The van der Waals surface area contributed by atoms with E-state index in [4.69, 9.17) is 16.3 Å². The van der Waals surface area contributed by atoms with Gasteiger partial charge in [-0.15, -0.1) is 0 Å². The fraction of sp³-hybridized carbons (Fsp3) is 0.188. The van der Waals surface area contributed by atoms with Crippen molar-refractivity contribution in [1.29, 1.82) is 0 Å². The summed E-state index contributed by atoms with van der Waals surface area (Å²) < 4.78 is 9.42. The maximum absolute atomic E-state index is 12.3. The number of hydrogen-bond acceptors (Lipinski definition) is 7. The van der Waals surface area contributed by atoms with Gasteiger partial charge in [0.05, 0.1) is 37.5 Å². The van der Waals surface area contributed by atoms with Gasteiger partial charge >= 0.3 is 11.9 Å². The number of imidazole rings is 1. The number of rotatable bonds is 5. The van der Waals surface area contributed by atoms with Crippen molar-refractivity contribution in [1.82, 2.24) is 20.4 Å². The lowest BCUT2D eigenvalue weighted by Gasteiger charge is -2.04. The van der Waals surface area contributed by atoms with Crippen molar-refractivity contribution in [3.63, 3.8) is 0 Å². The summed E-state index contributed by atoms with van der Waals surface area (Å²) >= 11 is 6.16. The van der Waals surface area contributed by atoms with Gasteiger partial charge in [0.15, 0.2) is 5.82 Å². The molecule has 10 nitrogen and oxygen atoms in total. The van der Waals surface area contributed by atoms with Gasteiger partial charge in [0.1, 0.15) is 10.9 Å². The molecule has 0 saturated heterocycles. The van der Waals surface area contributed by atoms with Crippen LogP contribution >= 0.6 is 11.6 Å². The predicted molar refractivity (Wildman–Crippen MR) is 94.1 cm³/mol. The third kappa shape index (κ3) is 3.47. The highest BCUT2D eigenvalue weighted by Gasteiger charge is 2.29. The van der Waals surface area contributed by atoms with E-state index in [1.807, 2.05) is 0 Å². The Labute approximate surface area is 157 Å². The van der Waals surface area contributed by atoms with Gasteiger partial charge in [-0.3, -0.25) is 9.59 Å². The number of esters is 2. The highest BCUT2D eigenvalue weighted by atomic mass is 35.5. The highest BCUT2D eigenvalue weighted by molar-refractivity contribution is 6.33. The van der Waals surface area contributed by atoms with Crippen molar-refractivity contribution in [3.05, 3.63) is 45.8 Å². The molecule has 0 aliphatic carbocycles. The van der Waals surface area contributed by atoms with E-state index in [0.29, 0.717) is 5.82 Å². The molecule has 140 valence electrons. The normalized spacial score (nSPS) is 14.9. The molecular weight excluding hydrogens is 378 g/mol. The van der Waals surface area contributed by atoms with Crippen LogP contribution in [0.4, 0.5) is 0 Å². The smallest absolute Gasteiger partial charge is 0.340 e. The summed E-state index contributed by atoms with van der Waals surface area (Å²) in [5.41, 5.74) is 3.18. The van der Waals surface area contributed by atoms with E-state index in [2.05, 4.69) is 30.2 Å². The molecule has 1 aliphatic heterocycles. The maximum atomic E-state index is 12.3. The Morgan fingerprint density at radius 2 is 2.07 bits per heavy atom. The maximum Gasteiger partial charge on any atom is 0.340 e. The van der Waals surface area contributed by atoms with Gasteiger partial charge in [0.2, 0.25) is 0 Å². The Morgan fingerprint density at radius 1 is 1.30 bits per heavy atom. The van der Waals surface area contributed by atoms with Crippen LogP contribution in [0.5, 0.6) is 0 Å². The average molecular weight is 392 g/mol. The van der Waals surface area contributed by atoms with Crippen LogP contribution in [0, 0.1) is 0 Å². The third-order valence-corrected chi connectivity index (χ3v) is 4.12. The third-order valence-electron chi connectivity index (χ3n) is 3.80. The summed E-state index contributed by atoms with van der Waals surface area (Å²) in [6.07, 6.45) is 4.24. The summed E-state index contributed by atoms with van der Waals surface area (Å²) in [5, 5.41) is 4.00. The van der Waals surface area contributed by atoms with Crippen molar-refractivity contribution in [3.8, 4) is 0 Å². The van der Waals surface area contributed by atoms with Crippen LogP contribution in [-0.2, 0) is 25.5 Å². The lowest BCUT2D eigenvalue weighted by Crippen LogP contribution is -2.15. The number of aromatic amines is 2. The number of carbonyl (C=O) groups excluding carboxylic acids is 3. The zero-order chi connectivity index (χ0) is 19.6. The van der Waals surface area contributed by atoms with E-state index < -0.39 is 17.8 Å². The molecule has 11 heteroatoms. The zero-order valence-corrected chi connectivity index (χ0v) is 15.0. The molecule has 0 fully saturated rings. The van der Waals surface area contributed by atoms with Crippen molar-refractivity contribution in [2.45, 2.75) is 6.42 Å². The van der Waals surface area contributed by atoms with Crippen molar-refractivity contribution >= 4 is 41.2 Å². The molecule has 0 unspecified atom stereocenters. The van der Waals surface area contributed by atoms with Crippen LogP contribution in [0.15, 0.2) is 23.1 Å². The van der Waals surface area contributed by atoms with Gasteiger partial charge in [0, 0.05) is 18.0 Å². The molecule has 2 aromatic rings. The Bertz CT molecular complexity index is 974. The number of nitrogens with zero attached hydrogens (tertiary/aromatic N) is 2. The van der Waals surface area contributed by atoms with Crippen LogP contribution in [-0.4, -0.2) is 52.7 Å². The molecule has 2 aromatic heterocycles. The number of nitrogens with one attached hydrogen (secondary N) is 3. The van der Waals surface area contributed by atoms with Crippen molar-refractivity contribution < 1.29 is 23.9 Å². The van der Waals surface area contributed by atoms with E-state index in [0.717, 1.165) is 0 Å². The van der Waals surface area contributed by atoms with Gasteiger partial charge in [-0.25, -0.2) is 15.2 Å². The fourth-order valence-corrected chi connectivity index (χ4v) is 2.81. The Morgan fingerprint density at radius 3 is 2.70 bits per heavy atom. The van der Waals surface area contributed by atoms with Gasteiger partial charge in [0.25, 0.3) is 5.91 Å². The van der Waals surface area contributed by atoms with Crippen LogP contribution in [0.2, 0.25) is 5.15 Å². The number of hydrogen-bond donors (Lipinski definition) is 3. The molecule has 27 heavy (non-hydrogen) atoms. The molecule has 1 aliphatic rings. The van der Waals surface area contributed by atoms with Crippen molar-refractivity contribution in [2.75, 3.05) is 14.2 Å². The predicted octanol–water partition coefficient (Wildman–Crippen LogP) is 0.811. The van der Waals surface area contributed by atoms with Crippen molar-refractivity contribution in [2.24, 2.45) is 5.10 Å². The number of hydrazone groups is 1. The first-order chi connectivity index (χ1) is 13.0. The lowest BCUT2D eigenvalue weighted by atomic mass is 10.0. The summed E-state index contributed by atoms with van der Waals surface area (Å²) in [7, 11) is 2.42. The van der Waals surface area contributed by atoms with E-state index in [9.17, 15) is 14.4 Å². The molecule has 1 amide bonds. The lowest BCUT2D eigenvalue weighted by molar-refractivity contribution is -0.139. The highest BCUT2D eigenvalue weighted by Crippen LogP contribution is 2.28. The van der Waals surface area contributed by atoms with E-state index >= 15 is 0 Å². The second-order valence-electron chi connectivity index (χ2n) is 5.35. The summed E-state index contributed by atoms with van der Waals surface area (Å²) in [6, 6.07) is 0. The SMILES string of the molecule is COC(=O)Cc1c(Cl)[nH]c(C=C2C(=O)NN=C2c2ncc[nH]2)c1C(=O)OC. The number of H-pyrrole nitrogens is 2. The van der Waals surface area contributed by atoms with Gasteiger partial charge < -0.3 is 19.4 Å². The number of halogens is 1. The van der Waals surface area contributed by atoms with E-state index in [-0.39, 0.29) is 39.7 Å². The molecule has 0 aromatic carbocycles. The van der Waals surface area contributed by atoms with E-state index in [1.165, 1.54) is 26.5 Å². The summed E-state index contributed by atoms with van der Waals surface area (Å²) in [6.45, 7) is 0. The monoisotopic (exact) mass is 391 g/mol. The first-order valence-electron chi connectivity index (χ1n) is 7.61. The average Bonchev–Trinajstić information content (AvgIpc) is 3.36. The quantitative estimate of drug-likeness (QED) is 0.509. The minimum atomic E-state index is -0.723. The standard InChI is InChI=1S/C16H14ClN5O5/c1-26-10(23)6-7-11(16(25)27-2)9(20-13(7)17)5-8-12(21-22-15(8)24)14-18-3-4-19-14/h3-5,20H,6H2,1-2H3,(H,18,19)(H,22,24). The van der Waals surface area contributed by atoms with Gasteiger partial charge in [-0.1, -0.05) is 11.6 Å². The first-order valence-corrected chi connectivity index (χ1v) is 7.99. The number of ether oxygens (including phenoxy) is 2. The number of methoxy groups -OCH3 is 2. The molecule has 0 saturated carbocycles. The zero-order valence-electron chi connectivity index (χ0n) is 14.3. The van der Waals surface area contributed by atoms with Crippen LogP contribution in [0.1, 0.15) is 27.4 Å². The number of amides is 1. The molecule has 3 heterocycles. The second-order valence-corrected chi connectivity index (χ2v) is 5.73. The minimum absolute atomic E-state index is 0.0268. The number of aromatic nitrogens is 3. The summed E-state index contributed by atoms with van der Waals surface area (Å²) in [5.74, 6) is -1.43. The van der Waals surface area contributed by atoms with Gasteiger partial charge in [-0.2, -0.15) is 5.10 Å². The molecule has 0 atom stereocenters.